The van der Waals surface area contributed by atoms with E-state index in [1.807, 2.05) is 36.3 Å². The number of hydrogen-bond donors (Lipinski definition) is 3. The maximum absolute atomic E-state index is 14.2. The topological polar surface area (TPSA) is 171 Å². The van der Waals surface area contributed by atoms with Crippen LogP contribution >= 0.6 is 0 Å². The summed E-state index contributed by atoms with van der Waals surface area (Å²) in [5.74, 6) is 1.29. The predicted octanol–water partition coefficient (Wildman–Crippen LogP) is 7.37. The summed E-state index contributed by atoms with van der Waals surface area (Å²) in [5.41, 5.74) is 11.6. The van der Waals surface area contributed by atoms with Gasteiger partial charge in [-0.1, -0.05) is 92.7 Å². The van der Waals surface area contributed by atoms with E-state index in [1.54, 1.807) is 35.1 Å². The van der Waals surface area contributed by atoms with E-state index in [2.05, 4.69) is 94.4 Å². The molecule has 2 saturated heterocycles. The number of imidazole rings is 3. The number of likely N-dealkylation sites (N-methyl/N-ethyl adjacent to an activating group) is 1. The fraction of sp³-hybridized carbons (Fsp3) is 0.362. The molecular formula is C47H54N10O4. The highest BCUT2D eigenvalue weighted by Crippen LogP contribution is 2.37. The van der Waals surface area contributed by atoms with Crippen molar-refractivity contribution in [1.29, 1.82) is 0 Å². The summed E-state index contributed by atoms with van der Waals surface area (Å²) in [5, 5.41) is 0. The molecule has 0 spiro atoms. The molecule has 6 aromatic rings. The van der Waals surface area contributed by atoms with Crippen molar-refractivity contribution in [3.05, 3.63) is 127 Å². The molecule has 4 N–H and O–H groups in total. The number of H-pyrrole nitrogens is 2. The van der Waals surface area contributed by atoms with Gasteiger partial charge in [0.05, 0.1) is 42.2 Å². The Labute approximate surface area is 356 Å². The number of aromatic amines is 2. The van der Waals surface area contributed by atoms with Crippen LogP contribution in [-0.4, -0.2) is 93.9 Å². The number of amides is 3. The van der Waals surface area contributed by atoms with Crippen molar-refractivity contribution in [3.8, 4) is 33.6 Å². The van der Waals surface area contributed by atoms with Gasteiger partial charge >= 0.3 is 6.09 Å². The average Bonchev–Trinajstić information content (AvgIpc) is 4.14. The molecule has 5 heterocycles. The molecular weight excluding hydrogens is 769 g/mol. The number of nitrogens with zero attached hydrogens (tertiary/aromatic N) is 7. The smallest absolute Gasteiger partial charge is 0.405 e. The summed E-state index contributed by atoms with van der Waals surface area (Å²) >= 11 is 0. The van der Waals surface area contributed by atoms with Crippen LogP contribution in [0.2, 0.25) is 0 Å². The molecule has 316 valence electrons. The van der Waals surface area contributed by atoms with Gasteiger partial charge in [-0.3, -0.25) is 14.5 Å². The van der Waals surface area contributed by atoms with Gasteiger partial charge in [-0.05, 0) is 73.5 Å². The highest BCUT2D eigenvalue weighted by atomic mass is 16.6. The van der Waals surface area contributed by atoms with E-state index < -0.39 is 11.7 Å². The van der Waals surface area contributed by atoms with E-state index in [9.17, 15) is 14.4 Å². The number of aryl methyl sites for hydroxylation is 1. The Morgan fingerprint density at radius 2 is 1.31 bits per heavy atom. The maximum Gasteiger partial charge on any atom is 0.405 e. The number of carbonyl (C=O) groups is 3. The van der Waals surface area contributed by atoms with Crippen LogP contribution in [0.4, 0.5) is 4.79 Å². The van der Waals surface area contributed by atoms with Crippen molar-refractivity contribution in [2.45, 2.75) is 76.6 Å². The standard InChI is InChI=1S/C47H54N10O4/c1-5-55(6-2)41(35-12-8-7-9-13-35)44(58)56-24-10-14-39(56)42-50-28-37(52-42)33-20-16-31(17-21-33)32-18-22-34(23-19-32)38-29-51-43(53-38)40-15-11-25-57(40)45(59)47(3,61-46(48)60)26-36-27-49-30-54(36)4/h7-9,12-13,16-23,27-30,39-41H,5-6,10-11,14-15,24-26H2,1-4H3,(H2,48,60)(H,50,52)(H,51,53)/t39-,40-,41+,47-/m0/s1. The molecule has 0 aliphatic carbocycles. The quantitative estimate of drug-likeness (QED) is 0.102. The second-order valence-electron chi connectivity index (χ2n) is 16.2. The van der Waals surface area contributed by atoms with Crippen LogP contribution in [0, 0.1) is 0 Å². The summed E-state index contributed by atoms with van der Waals surface area (Å²) < 4.78 is 7.28. The molecule has 3 aromatic carbocycles. The van der Waals surface area contributed by atoms with Gasteiger partial charge in [-0.2, -0.15) is 0 Å². The first kappa shape index (κ1) is 41.2. The van der Waals surface area contributed by atoms with Gasteiger partial charge in [-0.15, -0.1) is 0 Å². The van der Waals surface area contributed by atoms with Gasteiger partial charge in [0.25, 0.3) is 5.91 Å². The van der Waals surface area contributed by atoms with Crippen molar-refractivity contribution in [1.82, 2.24) is 44.2 Å². The summed E-state index contributed by atoms with van der Waals surface area (Å²) in [6.07, 6.45) is 9.38. The Kier molecular flexibility index (Phi) is 11.9. The lowest BCUT2D eigenvalue weighted by Gasteiger charge is -2.34. The monoisotopic (exact) mass is 822 g/mol. The van der Waals surface area contributed by atoms with Crippen LogP contribution in [0.25, 0.3) is 33.6 Å². The third kappa shape index (κ3) is 8.45. The van der Waals surface area contributed by atoms with E-state index in [1.165, 1.54) is 0 Å². The van der Waals surface area contributed by atoms with Crippen LogP contribution in [0.3, 0.4) is 0 Å². The van der Waals surface area contributed by atoms with Gasteiger partial charge in [0, 0.05) is 38.4 Å². The van der Waals surface area contributed by atoms with Crippen LogP contribution < -0.4 is 5.73 Å². The van der Waals surface area contributed by atoms with Crippen molar-refractivity contribution >= 4 is 17.9 Å². The van der Waals surface area contributed by atoms with Crippen molar-refractivity contribution in [2.75, 3.05) is 26.2 Å². The lowest BCUT2D eigenvalue weighted by Crippen LogP contribution is -2.52. The van der Waals surface area contributed by atoms with Gasteiger partial charge in [0.2, 0.25) is 5.91 Å². The minimum Gasteiger partial charge on any atom is -0.433 e. The Bertz CT molecular complexity index is 2450. The molecule has 3 aromatic heterocycles. The summed E-state index contributed by atoms with van der Waals surface area (Å²) in [4.78, 5) is 66.9. The molecule has 4 atom stereocenters. The number of likely N-dealkylation sites (tertiary alicyclic amines) is 2. The molecule has 8 rings (SSSR count). The Morgan fingerprint density at radius 3 is 1.82 bits per heavy atom. The third-order valence-electron chi connectivity index (χ3n) is 12.3. The van der Waals surface area contributed by atoms with Crippen molar-refractivity contribution in [2.24, 2.45) is 12.8 Å². The summed E-state index contributed by atoms with van der Waals surface area (Å²) in [6.45, 7) is 8.60. The first-order chi connectivity index (χ1) is 29.6. The first-order valence-electron chi connectivity index (χ1n) is 21.2. The highest BCUT2D eigenvalue weighted by molar-refractivity contribution is 5.88. The van der Waals surface area contributed by atoms with Gasteiger partial charge in [0.15, 0.2) is 5.60 Å². The Balaban J connectivity index is 0.933. The highest BCUT2D eigenvalue weighted by Gasteiger charge is 2.45. The fourth-order valence-corrected chi connectivity index (χ4v) is 9.07. The zero-order valence-corrected chi connectivity index (χ0v) is 35.3. The predicted molar refractivity (Wildman–Crippen MR) is 233 cm³/mol. The number of nitrogens with two attached hydrogens (primary N) is 1. The number of rotatable bonds is 14. The lowest BCUT2D eigenvalue weighted by atomic mass is 9.97. The number of aromatic nitrogens is 6. The lowest BCUT2D eigenvalue weighted by molar-refractivity contribution is -0.150. The molecule has 14 nitrogen and oxygen atoms in total. The Morgan fingerprint density at radius 1 is 0.787 bits per heavy atom. The molecule has 61 heavy (non-hydrogen) atoms. The van der Waals surface area contributed by atoms with E-state index in [4.69, 9.17) is 20.4 Å². The first-order valence-corrected chi connectivity index (χ1v) is 21.2. The van der Waals surface area contributed by atoms with Gasteiger partial charge < -0.3 is 34.8 Å². The maximum atomic E-state index is 14.2. The number of primary amides is 1. The van der Waals surface area contributed by atoms with E-state index in [0.717, 1.165) is 89.5 Å². The van der Waals surface area contributed by atoms with Crippen molar-refractivity contribution in [3.63, 3.8) is 0 Å². The van der Waals surface area contributed by atoms with Crippen LogP contribution in [-0.2, 0) is 27.8 Å². The largest absolute Gasteiger partial charge is 0.433 e. The minimum absolute atomic E-state index is 0.104. The number of benzene rings is 3. The van der Waals surface area contributed by atoms with Crippen LogP contribution in [0.15, 0.2) is 104 Å². The second kappa shape index (κ2) is 17.6. The van der Waals surface area contributed by atoms with Crippen molar-refractivity contribution < 1.29 is 19.1 Å². The van der Waals surface area contributed by atoms with Gasteiger partial charge in [-0.25, -0.2) is 19.7 Å². The number of carbonyl (C=O) groups excluding carboxylic acids is 3. The number of hydrogen-bond acceptors (Lipinski definition) is 8. The minimum atomic E-state index is -1.51. The van der Waals surface area contributed by atoms with E-state index in [-0.39, 0.29) is 36.4 Å². The second-order valence-corrected chi connectivity index (χ2v) is 16.2. The molecule has 2 aliphatic heterocycles. The SMILES string of the molecule is CCN(CC)[C@@H](C(=O)N1CCC[C@H]1c1ncc(-c2ccc(-c3ccc(-c4cnc([C@@H]5CCCN5C(=O)[C@](C)(Cc5cncn5C)OC(N)=O)[nH]4)cc3)cc2)[nH]1)c1ccccc1. The zero-order chi connectivity index (χ0) is 42.7. The molecule has 2 fully saturated rings. The molecule has 0 saturated carbocycles. The molecule has 0 radical (unpaired) electrons. The van der Waals surface area contributed by atoms with Crippen LogP contribution in [0.1, 0.15) is 87.5 Å². The average molecular weight is 823 g/mol. The molecule has 0 bridgehead atoms. The zero-order valence-electron chi connectivity index (χ0n) is 35.3. The summed E-state index contributed by atoms with van der Waals surface area (Å²) in [6, 6.07) is 26.0. The van der Waals surface area contributed by atoms with E-state index >= 15 is 0 Å². The number of ether oxygens (including phenoxy) is 1. The Hall–Kier alpha value is -6.54. The molecule has 3 amide bonds. The summed E-state index contributed by atoms with van der Waals surface area (Å²) in [7, 11) is 1.83. The van der Waals surface area contributed by atoms with E-state index in [0.29, 0.717) is 18.9 Å². The fourth-order valence-electron chi connectivity index (χ4n) is 9.07. The molecule has 0 unspecified atom stereocenters. The van der Waals surface area contributed by atoms with Crippen LogP contribution in [0.5, 0.6) is 0 Å². The molecule has 2 aliphatic rings. The molecule has 14 heteroatoms. The third-order valence-corrected chi connectivity index (χ3v) is 12.3. The number of nitrogens with one attached hydrogen (secondary N) is 2. The normalized spacial score (nSPS) is 18.0. The van der Waals surface area contributed by atoms with Gasteiger partial charge in [0.1, 0.15) is 17.7 Å².